The number of hydrogen-bond acceptors (Lipinski definition) is 4. The standard InChI is InChI=1S/C14H19NO3/c1-17-10-14(11-8-9-11,13(16)18-2)15-12-6-4-3-5-7-12/h3-7,11,15H,8-10H2,1-2H3. The van der Waals surface area contributed by atoms with E-state index in [2.05, 4.69) is 5.32 Å². The molecule has 0 radical (unpaired) electrons. The molecule has 0 aromatic heterocycles. The van der Waals surface area contributed by atoms with Crippen LogP contribution in [0.2, 0.25) is 0 Å². The molecule has 1 aromatic rings. The Bertz CT molecular complexity index is 403. The highest BCUT2D eigenvalue weighted by Crippen LogP contribution is 2.42. The molecule has 0 heterocycles. The molecule has 0 bridgehead atoms. The van der Waals surface area contributed by atoms with E-state index >= 15 is 0 Å². The molecule has 0 spiro atoms. The molecule has 1 atom stereocenters. The van der Waals surface area contributed by atoms with Crippen LogP contribution < -0.4 is 5.32 Å². The van der Waals surface area contributed by atoms with E-state index in [0.717, 1.165) is 18.5 Å². The maximum absolute atomic E-state index is 12.1. The molecule has 0 amide bonds. The van der Waals surface area contributed by atoms with Crippen molar-refractivity contribution < 1.29 is 14.3 Å². The highest BCUT2D eigenvalue weighted by molar-refractivity contribution is 5.85. The zero-order valence-electron chi connectivity index (χ0n) is 10.8. The molecule has 1 fully saturated rings. The molecular formula is C14H19NO3. The molecule has 1 aromatic carbocycles. The Labute approximate surface area is 107 Å². The Morgan fingerprint density at radius 1 is 1.33 bits per heavy atom. The minimum absolute atomic E-state index is 0.254. The second kappa shape index (κ2) is 5.40. The van der Waals surface area contributed by atoms with E-state index in [1.54, 1.807) is 7.11 Å². The van der Waals surface area contributed by atoms with Gasteiger partial charge in [0.25, 0.3) is 0 Å². The lowest BCUT2D eigenvalue weighted by molar-refractivity contribution is -0.149. The zero-order valence-corrected chi connectivity index (χ0v) is 10.8. The van der Waals surface area contributed by atoms with Crippen molar-refractivity contribution in [2.24, 2.45) is 5.92 Å². The Morgan fingerprint density at radius 3 is 2.50 bits per heavy atom. The number of hydrogen-bond donors (Lipinski definition) is 1. The topological polar surface area (TPSA) is 47.6 Å². The molecule has 0 aliphatic heterocycles. The molecule has 98 valence electrons. The van der Waals surface area contributed by atoms with Gasteiger partial charge in [-0.1, -0.05) is 18.2 Å². The molecule has 1 aliphatic rings. The Kier molecular flexibility index (Phi) is 3.87. The average molecular weight is 249 g/mol. The van der Waals surface area contributed by atoms with Gasteiger partial charge in [-0.05, 0) is 30.9 Å². The van der Waals surface area contributed by atoms with Crippen LogP contribution in [0.3, 0.4) is 0 Å². The van der Waals surface area contributed by atoms with Crippen molar-refractivity contribution in [3.63, 3.8) is 0 Å². The van der Waals surface area contributed by atoms with Gasteiger partial charge >= 0.3 is 5.97 Å². The van der Waals surface area contributed by atoms with E-state index in [4.69, 9.17) is 9.47 Å². The average Bonchev–Trinajstić information content (AvgIpc) is 3.23. The number of para-hydroxylation sites is 1. The third kappa shape index (κ3) is 2.48. The molecule has 2 rings (SSSR count). The summed E-state index contributed by atoms with van der Waals surface area (Å²) in [4.78, 5) is 12.1. The van der Waals surface area contributed by atoms with E-state index in [1.165, 1.54) is 7.11 Å². The number of carbonyl (C=O) groups excluding carboxylic acids is 1. The first kappa shape index (κ1) is 12.9. The third-order valence-electron chi connectivity index (χ3n) is 3.34. The molecule has 1 N–H and O–H groups in total. The second-order valence-corrected chi connectivity index (χ2v) is 4.66. The number of esters is 1. The second-order valence-electron chi connectivity index (χ2n) is 4.66. The number of ether oxygens (including phenoxy) is 2. The summed E-state index contributed by atoms with van der Waals surface area (Å²) in [5.74, 6) is 0.0285. The van der Waals surface area contributed by atoms with Gasteiger partial charge in [0, 0.05) is 12.8 Å². The minimum Gasteiger partial charge on any atom is -0.467 e. The van der Waals surface area contributed by atoms with E-state index in [9.17, 15) is 4.79 Å². The molecule has 4 nitrogen and oxygen atoms in total. The monoisotopic (exact) mass is 249 g/mol. The van der Waals surface area contributed by atoms with E-state index < -0.39 is 5.54 Å². The van der Waals surface area contributed by atoms with E-state index in [1.807, 2.05) is 30.3 Å². The number of rotatable bonds is 6. The lowest BCUT2D eigenvalue weighted by atomic mass is 9.93. The van der Waals surface area contributed by atoms with Gasteiger partial charge in [-0.15, -0.1) is 0 Å². The number of nitrogens with one attached hydrogen (secondary N) is 1. The first-order valence-corrected chi connectivity index (χ1v) is 6.13. The summed E-state index contributed by atoms with van der Waals surface area (Å²) in [7, 11) is 3.02. The fourth-order valence-corrected chi connectivity index (χ4v) is 2.30. The van der Waals surface area contributed by atoms with Crippen LogP contribution in [0.25, 0.3) is 0 Å². The van der Waals surface area contributed by atoms with E-state index in [0.29, 0.717) is 6.61 Å². The van der Waals surface area contributed by atoms with Crippen LogP contribution in [0, 0.1) is 5.92 Å². The lowest BCUT2D eigenvalue weighted by Gasteiger charge is -2.32. The highest BCUT2D eigenvalue weighted by Gasteiger charge is 2.52. The van der Waals surface area contributed by atoms with Crippen LogP contribution in [0.1, 0.15) is 12.8 Å². The van der Waals surface area contributed by atoms with Crippen LogP contribution in [-0.2, 0) is 14.3 Å². The summed E-state index contributed by atoms with van der Waals surface area (Å²) in [6, 6.07) is 9.69. The van der Waals surface area contributed by atoms with Gasteiger partial charge < -0.3 is 14.8 Å². The van der Waals surface area contributed by atoms with Crippen LogP contribution >= 0.6 is 0 Å². The first-order valence-electron chi connectivity index (χ1n) is 6.13. The fraction of sp³-hybridized carbons (Fsp3) is 0.500. The summed E-state index contributed by atoms with van der Waals surface area (Å²) < 4.78 is 10.2. The van der Waals surface area contributed by atoms with Crippen molar-refractivity contribution in [1.82, 2.24) is 0 Å². The molecule has 4 heteroatoms. The summed E-state index contributed by atoms with van der Waals surface area (Å²) in [5.41, 5.74) is 0.150. The van der Waals surface area contributed by atoms with Gasteiger partial charge in [-0.2, -0.15) is 0 Å². The summed E-state index contributed by atoms with van der Waals surface area (Å²) in [6.07, 6.45) is 2.05. The number of carbonyl (C=O) groups is 1. The Balaban J connectivity index is 2.25. The Hall–Kier alpha value is -1.55. The van der Waals surface area contributed by atoms with Crippen molar-refractivity contribution >= 4 is 11.7 Å². The SMILES string of the molecule is COCC(Nc1ccccc1)(C(=O)OC)C1CC1. The van der Waals surface area contributed by atoms with Gasteiger partial charge in [0.15, 0.2) is 5.54 Å². The minimum atomic E-state index is -0.759. The maximum atomic E-state index is 12.1. The first-order chi connectivity index (χ1) is 8.73. The summed E-state index contributed by atoms with van der Waals surface area (Å²) >= 11 is 0. The largest absolute Gasteiger partial charge is 0.467 e. The predicted octanol–water partition coefficient (Wildman–Crippen LogP) is 2.07. The smallest absolute Gasteiger partial charge is 0.334 e. The third-order valence-corrected chi connectivity index (χ3v) is 3.34. The molecule has 1 aliphatic carbocycles. The molecule has 1 unspecified atom stereocenters. The van der Waals surface area contributed by atoms with Crippen LogP contribution in [0.4, 0.5) is 5.69 Å². The van der Waals surface area contributed by atoms with Crippen molar-refractivity contribution in [1.29, 1.82) is 0 Å². The predicted molar refractivity (Wildman–Crippen MR) is 69.4 cm³/mol. The van der Waals surface area contributed by atoms with E-state index in [-0.39, 0.29) is 11.9 Å². The molecule has 0 saturated heterocycles. The van der Waals surface area contributed by atoms with Crippen molar-refractivity contribution in [3.05, 3.63) is 30.3 Å². The number of methoxy groups -OCH3 is 2. The number of anilines is 1. The molecule has 18 heavy (non-hydrogen) atoms. The normalized spacial score (nSPS) is 17.9. The summed E-state index contributed by atoms with van der Waals surface area (Å²) in [5, 5.41) is 3.31. The van der Waals surface area contributed by atoms with Crippen molar-refractivity contribution in [2.45, 2.75) is 18.4 Å². The highest BCUT2D eigenvalue weighted by atomic mass is 16.5. The van der Waals surface area contributed by atoms with Gasteiger partial charge in [-0.25, -0.2) is 4.79 Å². The van der Waals surface area contributed by atoms with Gasteiger partial charge in [-0.3, -0.25) is 0 Å². The fourth-order valence-electron chi connectivity index (χ4n) is 2.30. The van der Waals surface area contributed by atoms with Crippen LogP contribution in [0.15, 0.2) is 30.3 Å². The van der Waals surface area contributed by atoms with Crippen LogP contribution in [-0.4, -0.2) is 32.3 Å². The van der Waals surface area contributed by atoms with Gasteiger partial charge in [0.2, 0.25) is 0 Å². The molecular weight excluding hydrogens is 230 g/mol. The molecule has 1 saturated carbocycles. The number of benzene rings is 1. The van der Waals surface area contributed by atoms with Gasteiger partial charge in [0.1, 0.15) is 0 Å². The quantitative estimate of drug-likeness (QED) is 0.784. The lowest BCUT2D eigenvalue weighted by Crippen LogP contribution is -2.53. The Morgan fingerprint density at radius 2 is 2.00 bits per heavy atom. The zero-order chi connectivity index (χ0) is 13.0. The van der Waals surface area contributed by atoms with Crippen LogP contribution in [0.5, 0.6) is 0 Å². The van der Waals surface area contributed by atoms with Gasteiger partial charge in [0.05, 0.1) is 13.7 Å². The van der Waals surface area contributed by atoms with Crippen molar-refractivity contribution in [2.75, 3.05) is 26.1 Å². The maximum Gasteiger partial charge on any atom is 0.334 e. The van der Waals surface area contributed by atoms with Crippen molar-refractivity contribution in [3.8, 4) is 0 Å². The summed E-state index contributed by atoms with van der Waals surface area (Å²) in [6.45, 7) is 0.319.